The number of carbonyl (C=O) groups is 1. The van der Waals surface area contributed by atoms with Gasteiger partial charge in [-0.1, -0.05) is 30.3 Å². The summed E-state index contributed by atoms with van der Waals surface area (Å²) in [5.74, 6) is 0.524. The van der Waals surface area contributed by atoms with Crippen LogP contribution < -0.4 is 10.6 Å². The van der Waals surface area contributed by atoms with Crippen LogP contribution in [0.25, 0.3) is 0 Å². The number of ether oxygens (including phenoxy) is 1. The zero-order chi connectivity index (χ0) is 19.4. The van der Waals surface area contributed by atoms with Crippen LogP contribution in [0.5, 0.6) is 0 Å². The van der Waals surface area contributed by atoms with Crippen molar-refractivity contribution in [1.29, 1.82) is 0 Å². The highest BCUT2D eigenvalue weighted by atomic mass is 32.2. The Hall–Kier alpha value is -1.89. The first kappa shape index (κ1) is 19.4. The van der Waals surface area contributed by atoms with Gasteiger partial charge in [-0.3, -0.25) is 9.78 Å². The maximum absolute atomic E-state index is 12.5. The molecule has 1 aromatic carbocycles. The molecule has 5 nitrogen and oxygen atoms in total. The number of piperidine rings is 1. The summed E-state index contributed by atoms with van der Waals surface area (Å²) in [5, 5.41) is 6.75. The Kier molecular flexibility index (Phi) is 5.99. The molecule has 1 fully saturated rings. The van der Waals surface area contributed by atoms with Crippen molar-refractivity contribution in [2.75, 3.05) is 25.1 Å². The zero-order valence-electron chi connectivity index (χ0n) is 16.2. The van der Waals surface area contributed by atoms with Crippen molar-refractivity contribution in [2.45, 2.75) is 37.0 Å². The van der Waals surface area contributed by atoms with E-state index in [0.717, 1.165) is 31.5 Å². The van der Waals surface area contributed by atoms with Gasteiger partial charge in [0.2, 0.25) is 5.91 Å². The van der Waals surface area contributed by atoms with Gasteiger partial charge in [-0.25, -0.2) is 0 Å². The molecule has 2 atom stereocenters. The van der Waals surface area contributed by atoms with E-state index in [1.54, 1.807) is 18.0 Å². The minimum atomic E-state index is -0.120. The lowest BCUT2D eigenvalue weighted by molar-refractivity contribution is -0.121. The lowest BCUT2D eigenvalue weighted by atomic mass is 9.72. The summed E-state index contributed by atoms with van der Waals surface area (Å²) in [5.41, 5.74) is 3.52. The van der Waals surface area contributed by atoms with E-state index in [0.29, 0.717) is 12.4 Å². The number of nitrogens with one attached hydrogen (secondary N) is 2. The molecule has 148 valence electrons. The quantitative estimate of drug-likeness (QED) is 0.785. The van der Waals surface area contributed by atoms with Crippen LogP contribution in [-0.4, -0.2) is 42.1 Å². The Morgan fingerprint density at radius 2 is 2.11 bits per heavy atom. The summed E-state index contributed by atoms with van der Waals surface area (Å²) >= 11 is 1.54. The van der Waals surface area contributed by atoms with Crippen molar-refractivity contribution in [3.63, 3.8) is 0 Å². The van der Waals surface area contributed by atoms with Gasteiger partial charge in [-0.2, -0.15) is 11.8 Å². The number of benzene rings is 1. The van der Waals surface area contributed by atoms with Crippen LogP contribution in [0.2, 0.25) is 0 Å². The van der Waals surface area contributed by atoms with Gasteiger partial charge in [0.25, 0.3) is 0 Å². The molecule has 1 aromatic heterocycles. The topological polar surface area (TPSA) is 63.2 Å². The third-order valence-corrected chi connectivity index (χ3v) is 6.47. The summed E-state index contributed by atoms with van der Waals surface area (Å²) in [6.07, 6.45) is 7.51. The Morgan fingerprint density at radius 3 is 2.86 bits per heavy atom. The molecule has 0 saturated carbocycles. The molecule has 28 heavy (non-hydrogen) atoms. The van der Waals surface area contributed by atoms with Crippen molar-refractivity contribution in [3.05, 3.63) is 65.5 Å². The summed E-state index contributed by atoms with van der Waals surface area (Å²) in [4.78, 5) is 16.7. The van der Waals surface area contributed by atoms with Crippen molar-refractivity contribution >= 4 is 17.7 Å². The van der Waals surface area contributed by atoms with Crippen LogP contribution in [0, 0.1) is 0 Å². The van der Waals surface area contributed by atoms with Gasteiger partial charge in [-0.15, -0.1) is 0 Å². The molecule has 1 spiro atoms. The first-order chi connectivity index (χ1) is 13.7. The van der Waals surface area contributed by atoms with Gasteiger partial charge in [0, 0.05) is 17.8 Å². The van der Waals surface area contributed by atoms with Gasteiger partial charge >= 0.3 is 0 Å². The van der Waals surface area contributed by atoms with Gasteiger partial charge in [0.15, 0.2) is 0 Å². The number of thioether (sulfide) groups is 1. The SMILES string of the molecule is CSCC(=O)N[C@H]1c2ccccc2C2(CCNCC2)[C@@H]1OCc1cccnc1. The Morgan fingerprint density at radius 1 is 1.29 bits per heavy atom. The number of nitrogens with zero attached hydrogens (tertiary/aromatic N) is 1. The molecule has 2 aromatic rings. The predicted molar refractivity (Wildman–Crippen MR) is 112 cm³/mol. The first-order valence-electron chi connectivity index (χ1n) is 9.83. The van der Waals surface area contributed by atoms with E-state index < -0.39 is 0 Å². The Balaban J connectivity index is 1.67. The molecular weight excluding hydrogens is 370 g/mol. The molecule has 4 rings (SSSR count). The molecule has 1 aliphatic heterocycles. The van der Waals surface area contributed by atoms with E-state index in [1.807, 2.05) is 24.6 Å². The molecule has 2 aliphatic rings. The summed E-state index contributed by atoms with van der Waals surface area (Å²) < 4.78 is 6.57. The molecule has 1 amide bonds. The highest BCUT2D eigenvalue weighted by molar-refractivity contribution is 7.99. The van der Waals surface area contributed by atoms with E-state index in [9.17, 15) is 4.79 Å². The standard InChI is InChI=1S/C22H27N3O2S/c1-28-15-19(26)25-20-17-6-2-3-7-18(17)22(8-11-23-12-9-22)21(20)27-14-16-5-4-10-24-13-16/h2-7,10,13,20-21,23H,8-9,11-12,14-15H2,1H3,(H,25,26)/t20-,21+/m0/s1. The lowest BCUT2D eigenvalue weighted by Gasteiger charge is -2.41. The normalized spacial score (nSPS) is 22.8. The first-order valence-corrected chi connectivity index (χ1v) is 11.2. The molecule has 0 bridgehead atoms. The zero-order valence-corrected chi connectivity index (χ0v) is 17.0. The predicted octanol–water partition coefficient (Wildman–Crippen LogP) is 2.82. The third-order valence-electron chi connectivity index (χ3n) is 5.92. The van der Waals surface area contributed by atoms with E-state index in [2.05, 4.69) is 39.9 Å². The van der Waals surface area contributed by atoms with Crippen molar-refractivity contribution in [3.8, 4) is 0 Å². The summed E-state index contributed by atoms with van der Waals surface area (Å²) in [7, 11) is 0. The number of hydrogen-bond acceptors (Lipinski definition) is 5. The molecular formula is C22H27N3O2S. The highest BCUT2D eigenvalue weighted by Crippen LogP contribution is 2.51. The fourth-order valence-corrected chi connectivity index (χ4v) is 5.05. The average Bonchev–Trinajstić information content (AvgIpc) is 2.97. The molecule has 1 saturated heterocycles. The third kappa shape index (κ3) is 3.69. The second-order valence-corrected chi connectivity index (χ2v) is 8.43. The van der Waals surface area contributed by atoms with Crippen LogP contribution in [-0.2, 0) is 21.6 Å². The molecule has 2 heterocycles. The number of pyridine rings is 1. The highest BCUT2D eigenvalue weighted by Gasteiger charge is 2.53. The van der Waals surface area contributed by atoms with Crippen LogP contribution in [0.4, 0.5) is 0 Å². The lowest BCUT2D eigenvalue weighted by Crippen LogP contribution is -2.50. The largest absolute Gasteiger partial charge is 0.370 e. The fourth-order valence-electron chi connectivity index (χ4n) is 4.71. The van der Waals surface area contributed by atoms with Crippen molar-refractivity contribution in [1.82, 2.24) is 15.6 Å². The number of aromatic nitrogens is 1. The maximum Gasteiger partial charge on any atom is 0.230 e. The second-order valence-electron chi connectivity index (χ2n) is 7.56. The fraction of sp³-hybridized carbons (Fsp3) is 0.455. The maximum atomic E-state index is 12.5. The molecule has 1 aliphatic carbocycles. The number of carbonyl (C=O) groups excluding carboxylic acids is 1. The monoisotopic (exact) mass is 397 g/mol. The van der Waals surface area contributed by atoms with E-state index >= 15 is 0 Å². The summed E-state index contributed by atoms with van der Waals surface area (Å²) in [6.45, 7) is 2.43. The van der Waals surface area contributed by atoms with Gasteiger partial charge in [0.1, 0.15) is 0 Å². The minimum Gasteiger partial charge on any atom is -0.370 e. The number of amides is 1. The van der Waals surface area contributed by atoms with E-state index in [1.165, 1.54) is 11.1 Å². The Labute approximate surface area is 170 Å². The number of hydrogen-bond donors (Lipinski definition) is 2. The average molecular weight is 398 g/mol. The summed E-state index contributed by atoms with van der Waals surface area (Å²) in [6, 6.07) is 12.4. The van der Waals surface area contributed by atoms with Crippen molar-refractivity contribution < 1.29 is 9.53 Å². The van der Waals surface area contributed by atoms with Gasteiger partial charge in [0.05, 0.1) is 24.5 Å². The van der Waals surface area contributed by atoms with Crippen LogP contribution >= 0.6 is 11.8 Å². The Bertz CT molecular complexity index is 808. The molecule has 0 radical (unpaired) electrons. The molecule has 0 unspecified atom stereocenters. The minimum absolute atomic E-state index is 0.0632. The van der Waals surface area contributed by atoms with E-state index in [-0.39, 0.29) is 23.5 Å². The van der Waals surface area contributed by atoms with E-state index in [4.69, 9.17) is 4.74 Å². The van der Waals surface area contributed by atoms with Crippen molar-refractivity contribution in [2.24, 2.45) is 0 Å². The van der Waals surface area contributed by atoms with Crippen LogP contribution in [0.15, 0.2) is 48.8 Å². The number of fused-ring (bicyclic) bond motifs is 2. The van der Waals surface area contributed by atoms with Crippen LogP contribution in [0.3, 0.4) is 0 Å². The van der Waals surface area contributed by atoms with Crippen LogP contribution in [0.1, 0.15) is 35.6 Å². The second kappa shape index (κ2) is 8.64. The van der Waals surface area contributed by atoms with Gasteiger partial charge < -0.3 is 15.4 Å². The smallest absolute Gasteiger partial charge is 0.230 e. The number of rotatable bonds is 6. The molecule has 2 N–H and O–H groups in total. The van der Waals surface area contributed by atoms with Gasteiger partial charge in [-0.05, 0) is 54.9 Å². The molecule has 6 heteroatoms.